The average Bonchev–Trinajstić information content (AvgIpc) is 2.34. The number of hydrogen-bond acceptors (Lipinski definition) is 1. The van der Waals surface area contributed by atoms with Crippen molar-refractivity contribution in [1.82, 2.24) is 4.90 Å². The highest BCUT2D eigenvalue weighted by Crippen LogP contribution is 2.03. The van der Waals surface area contributed by atoms with Crippen molar-refractivity contribution in [2.45, 2.75) is 25.1 Å². The van der Waals surface area contributed by atoms with Gasteiger partial charge in [0.2, 0.25) is 0 Å². The zero-order valence-corrected chi connectivity index (χ0v) is 13.0. The van der Waals surface area contributed by atoms with E-state index in [1.807, 2.05) is 36.4 Å². The van der Waals surface area contributed by atoms with E-state index >= 15 is 0 Å². The van der Waals surface area contributed by atoms with E-state index in [1.54, 1.807) is 0 Å². The zero-order chi connectivity index (χ0) is 13.5. The van der Waals surface area contributed by atoms with E-state index in [2.05, 4.69) is 25.7 Å². The Morgan fingerprint density at radius 1 is 0.706 bits per heavy atom. The van der Waals surface area contributed by atoms with Crippen LogP contribution in [-0.4, -0.2) is 28.8 Å². The molecule has 0 saturated carbocycles. The predicted octanol–water partition coefficient (Wildman–Crippen LogP) is 5.02. The Morgan fingerprint density at radius 2 is 0.882 bits per heavy atom. The zero-order valence-electron chi connectivity index (χ0n) is 10.7. The van der Waals surface area contributed by atoms with Crippen molar-refractivity contribution in [3.8, 4) is 0 Å². The standard InChI is InChI=1S/C6H15N.C6H6.CHCl3/c1-4-7(5-2)6-3;1-2-4-6-5-3-1;2-1(3)4/h4-6H2,1-3H3;1-6H;1H. The minimum Gasteiger partial charge on any atom is -0.304 e. The molecule has 0 unspecified atom stereocenters. The number of nitrogens with zero attached hydrogens (tertiary/aromatic N) is 1. The molecule has 0 aliphatic carbocycles. The van der Waals surface area contributed by atoms with E-state index < -0.39 is 4.30 Å². The van der Waals surface area contributed by atoms with E-state index in [0.29, 0.717) is 0 Å². The Labute approximate surface area is 121 Å². The van der Waals surface area contributed by atoms with Crippen molar-refractivity contribution in [2.24, 2.45) is 0 Å². The molecule has 1 aromatic carbocycles. The van der Waals surface area contributed by atoms with E-state index in [9.17, 15) is 0 Å². The lowest BCUT2D eigenvalue weighted by Crippen LogP contribution is -2.21. The summed E-state index contributed by atoms with van der Waals surface area (Å²) in [5.74, 6) is 0. The Bertz CT molecular complexity index is 178. The number of rotatable bonds is 3. The van der Waals surface area contributed by atoms with Crippen molar-refractivity contribution in [3.63, 3.8) is 0 Å². The molecule has 1 nitrogen and oxygen atoms in total. The maximum absolute atomic E-state index is 4.81. The first kappa shape index (κ1) is 19.4. The van der Waals surface area contributed by atoms with E-state index in [4.69, 9.17) is 34.8 Å². The smallest absolute Gasteiger partial charge is 0.180 e. The second-order valence-corrected chi connectivity index (χ2v) is 5.00. The first-order chi connectivity index (χ1) is 8.08. The maximum atomic E-state index is 4.81. The number of halogens is 3. The molecule has 0 fully saturated rings. The second-order valence-electron chi connectivity index (χ2n) is 3.02. The minimum absolute atomic E-state index is 0.750. The van der Waals surface area contributed by atoms with Crippen molar-refractivity contribution in [1.29, 1.82) is 0 Å². The molecule has 0 aromatic heterocycles. The SMILES string of the molecule is CCN(CC)CC.ClC(Cl)Cl.c1ccccc1. The lowest BCUT2D eigenvalue weighted by Gasteiger charge is -2.13. The van der Waals surface area contributed by atoms with Crippen LogP contribution in [0.2, 0.25) is 0 Å². The van der Waals surface area contributed by atoms with E-state index in [1.165, 1.54) is 19.6 Å². The van der Waals surface area contributed by atoms with Crippen molar-refractivity contribution >= 4 is 34.8 Å². The van der Waals surface area contributed by atoms with Crippen LogP contribution in [0, 0.1) is 0 Å². The van der Waals surface area contributed by atoms with Crippen LogP contribution >= 0.6 is 34.8 Å². The number of hydrogen-bond donors (Lipinski definition) is 0. The minimum atomic E-state index is -0.750. The Hall–Kier alpha value is 0.0500. The summed E-state index contributed by atoms with van der Waals surface area (Å²) in [5.41, 5.74) is 0. The predicted molar refractivity (Wildman–Crippen MR) is 81.3 cm³/mol. The quantitative estimate of drug-likeness (QED) is 0.708. The fourth-order valence-electron chi connectivity index (χ4n) is 1.06. The van der Waals surface area contributed by atoms with Gasteiger partial charge < -0.3 is 4.90 Å². The van der Waals surface area contributed by atoms with Gasteiger partial charge in [0.15, 0.2) is 4.30 Å². The van der Waals surface area contributed by atoms with Crippen LogP contribution < -0.4 is 0 Å². The average molecular weight is 299 g/mol. The second kappa shape index (κ2) is 16.1. The van der Waals surface area contributed by atoms with Crippen molar-refractivity contribution in [2.75, 3.05) is 19.6 Å². The topological polar surface area (TPSA) is 3.24 Å². The molecule has 0 N–H and O–H groups in total. The lowest BCUT2D eigenvalue weighted by molar-refractivity contribution is 0.321. The summed E-state index contributed by atoms with van der Waals surface area (Å²) >= 11 is 14.4. The van der Waals surface area contributed by atoms with Gasteiger partial charge in [0.05, 0.1) is 0 Å². The molecule has 4 heteroatoms. The molecule has 0 amide bonds. The van der Waals surface area contributed by atoms with Gasteiger partial charge >= 0.3 is 0 Å². The molecule has 17 heavy (non-hydrogen) atoms. The Morgan fingerprint density at radius 3 is 0.941 bits per heavy atom. The molecule has 0 bridgehead atoms. The first-order valence-corrected chi connectivity index (χ1v) is 7.03. The fraction of sp³-hybridized carbons (Fsp3) is 0.538. The summed E-state index contributed by atoms with van der Waals surface area (Å²) in [6, 6.07) is 12.0. The largest absolute Gasteiger partial charge is 0.304 e. The monoisotopic (exact) mass is 297 g/mol. The van der Waals surface area contributed by atoms with Crippen LogP contribution in [0.15, 0.2) is 36.4 Å². The summed E-state index contributed by atoms with van der Waals surface area (Å²) in [5, 5.41) is 0. The van der Waals surface area contributed by atoms with E-state index in [0.717, 1.165) is 0 Å². The van der Waals surface area contributed by atoms with Gasteiger partial charge in [-0.3, -0.25) is 0 Å². The highest BCUT2D eigenvalue weighted by atomic mass is 35.6. The molecule has 0 aliphatic heterocycles. The van der Waals surface area contributed by atoms with Crippen LogP contribution in [0.4, 0.5) is 0 Å². The number of benzene rings is 1. The van der Waals surface area contributed by atoms with Gasteiger partial charge in [0, 0.05) is 0 Å². The molecule has 1 rings (SSSR count). The molecule has 1 aromatic rings. The molecular formula is C13H22Cl3N. The van der Waals surface area contributed by atoms with Gasteiger partial charge in [-0.1, -0.05) is 92.0 Å². The van der Waals surface area contributed by atoms with Crippen LogP contribution in [0.3, 0.4) is 0 Å². The summed E-state index contributed by atoms with van der Waals surface area (Å²) in [4.78, 5) is 2.38. The summed E-state index contributed by atoms with van der Waals surface area (Å²) in [7, 11) is 0. The third-order valence-electron chi connectivity index (χ3n) is 2.01. The normalized spacial score (nSPS) is 9.18. The number of alkyl halides is 3. The van der Waals surface area contributed by atoms with Gasteiger partial charge in [-0.05, 0) is 19.6 Å². The van der Waals surface area contributed by atoms with Crippen LogP contribution in [-0.2, 0) is 0 Å². The third-order valence-corrected chi connectivity index (χ3v) is 2.01. The highest BCUT2D eigenvalue weighted by Gasteiger charge is 1.89. The molecule has 0 aliphatic rings. The van der Waals surface area contributed by atoms with Gasteiger partial charge in [-0.15, -0.1) is 0 Å². The maximum Gasteiger partial charge on any atom is 0.180 e. The highest BCUT2D eigenvalue weighted by molar-refractivity contribution is 6.63. The summed E-state index contributed by atoms with van der Waals surface area (Å²) < 4.78 is -0.750. The van der Waals surface area contributed by atoms with E-state index in [-0.39, 0.29) is 0 Å². The summed E-state index contributed by atoms with van der Waals surface area (Å²) in [6.45, 7) is 10.1. The molecule has 0 saturated heterocycles. The molecule has 100 valence electrons. The van der Waals surface area contributed by atoms with Crippen molar-refractivity contribution in [3.05, 3.63) is 36.4 Å². The van der Waals surface area contributed by atoms with Crippen molar-refractivity contribution < 1.29 is 0 Å². The van der Waals surface area contributed by atoms with Gasteiger partial charge in [0.1, 0.15) is 0 Å². The molecule has 0 radical (unpaired) electrons. The first-order valence-electron chi connectivity index (χ1n) is 5.72. The third kappa shape index (κ3) is 21.8. The summed E-state index contributed by atoms with van der Waals surface area (Å²) in [6.07, 6.45) is 0. The molecular weight excluding hydrogens is 277 g/mol. The van der Waals surface area contributed by atoms with Crippen LogP contribution in [0.25, 0.3) is 0 Å². The Balaban J connectivity index is 0. The lowest BCUT2D eigenvalue weighted by atomic mass is 10.4. The molecule has 0 spiro atoms. The molecule has 0 heterocycles. The van der Waals surface area contributed by atoms with Gasteiger partial charge in [-0.25, -0.2) is 0 Å². The van der Waals surface area contributed by atoms with Gasteiger partial charge in [0.25, 0.3) is 0 Å². The molecule has 0 atom stereocenters. The fourth-order valence-corrected chi connectivity index (χ4v) is 1.06. The van der Waals surface area contributed by atoms with Crippen LogP contribution in [0.1, 0.15) is 20.8 Å². The van der Waals surface area contributed by atoms with Crippen LogP contribution in [0.5, 0.6) is 0 Å². The van der Waals surface area contributed by atoms with Gasteiger partial charge in [-0.2, -0.15) is 0 Å². The Kier molecular flexibility index (Phi) is 18.3.